The molecule has 92 valence electrons. The van der Waals surface area contributed by atoms with Gasteiger partial charge >= 0.3 is 0 Å². The Kier molecular flexibility index (Phi) is 2.43. The Balaban J connectivity index is 2.01. The van der Waals surface area contributed by atoms with Crippen molar-refractivity contribution in [2.24, 2.45) is 11.7 Å². The zero-order valence-electron chi connectivity index (χ0n) is 10.3. The van der Waals surface area contributed by atoms with Crippen LogP contribution < -0.4 is 10.5 Å². The topological polar surface area (TPSA) is 35.2 Å². The van der Waals surface area contributed by atoms with Crippen LogP contribution in [-0.2, 0) is 6.42 Å². The molecular formula is C14H18ClNO. The fourth-order valence-electron chi connectivity index (χ4n) is 2.86. The smallest absolute Gasteiger partial charge is 0.127 e. The second kappa shape index (κ2) is 3.63. The molecule has 1 fully saturated rings. The normalized spacial score (nSPS) is 28.7. The van der Waals surface area contributed by atoms with Crippen LogP contribution in [0.15, 0.2) is 12.1 Å². The van der Waals surface area contributed by atoms with E-state index in [1.165, 1.54) is 17.5 Å². The van der Waals surface area contributed by atoms with Gasteiger partial charge in [-0.25, -0.2) is 0 Å². The molecule has 2 N–H and O–H groups in total. The molecule has 0 radical (unpaired) electrons. The molecule has 1 unspecified atom stereocenters. The number of rotatable bonds is 2. The van der Waals surface area contributed by atoms with E-state index < -0.39 is 0 Å². The van der Waals surface area contributed by atoms with Gasteiger partial charge in [-0.1, -0.05) is 11.6 Å². The Morgan fingerprint density at radius 3 is 2.88 bits per heavy atom. The van der Waals surface area contributed by atoms with E-state index in [0.717, 1.165) is 23.7 Å². The summed E-state index contributed by atoms with van der Waals surface area (Å²) in [6, 6.07) is 4.09. The average molecular weight is 252 g/mol. The number of halogens is 1. The van der Waals surface area contributed by atoms with Gasteiger partial charge in [-0.05, 0) is 61.9 Å². The van der Waals surface area contributed by atoms with Gasteiger partial charge in [-0.3, -0.25) is 0 Å². The number of nitrogens with two attached hydrogens (primary N) is 1. The Morgan fingerprint density at radius 1 is 1.47 bits per heavy atom. The molecule has 1 aliphatic carbocycles. The first-order valence-electron chi connectivity index (χ1n) is 6.21. The minimum atomic E-state index is -0.102. The van der Waals surface area contributed by atoms with Gasteiger partial charge in [0.25, 0.3) is 0 Å². The van der Waals surface area contributed by atoms with Gasteiger partial charge in [0.15, 0.2) is 0 Å². The van der Waals surface area contributed by atoms with Crippen LogP contribution in [0.5, 0.6) is 5.75 Å². The summed E-state index contributed by atoms with van der Waals surface area (Å²) in [5.41, 5.74) is 8.14. The Bertz CT molecular complexity index is 470. The summed E-state index contributed by atoms with van der Waals surface area (Å²) in [6.45, 7) is 5.01. The molecule has 0 amide bonds. The highest BCUT2D eigenvalue weighted by atomic mass is 35.5. The van der Waals surface area contributed by atoms with Gasteiger partial charge in [-0.15, -0.1) is 0 Å². The Hall–Kier alpha value is -0.730. The minimum Gasteiger partial charge on any atom is -0.487 e. The zero-order valence-corrected chi connectivity index (χ0v) is 11.1. The molecule has 0 saturated heterocycles. The summed E-state index contributed by atoms with van der Waals surface area (Å²) >= 11 is 6.20. The highest BCUT2D eigenvalue weighted by Gasteiger charge is 2.42. The third-order valence-corrected chi connectivity index (χ3v) is 4.00. The summed E-state index contributed by atoms with van der Waals surface area (Å²) in [4.78, 5) is 0. The Morgan fingerprint density at radius 2 is 2.24 bits per heavy atom. The van der Waals surface area contributed by atoms with E-state index >= 15 is 0 Å². The molecule has 2 atom stereocenters. The lowest BCUT2D eigenvalue weighted by atomic mass is 9.99. The summed E-state index contributed by atoms with van der Waals surface area (Å²) in [5, 5.41) is 0.822. The third-order valence-electron chi connectivity index (χ3n) is 3.78. The van der Waals surface area contributed by atoms with Crippen molar-refractivity contribution in [3.05, 3.63) is 28.3 Å². The minimum absolute atomic E-state index is 0.102. The maximum absolute atomic E-state index is 6.20. The lowest BCUT2D eigenvalue weighted by Gasteiger charge is -2.18. The molecule has 1 aromatic carbocycles. The summed E-state index contributed by atoms with van der Waals surface area (Å²) in [5.74, 6) is 2.24. The third kappa shape index (κ3) is 1.94. The lowest BCUT2D eigenvalue weighted by molar-refractivity contribution is 0.137. The largest absolute Gasteiger partial charge is 0.487 e. The maximum atomic E-state index is 6.20. The van der Waals surface area contributed by atoms with E-state index in [-0.39, 0.29) is 5.60 Å². The molecule has 1 heterocycles. The van der Waals surface area contributed by atoms with E-state index in [0.29, 0.717) is 11.8 Å². The second-order valence-corrected chi connectivity index (χ2v) is 6.30. The summed E-state index contributed by atoms with van der Waals surface area (Å²) in [7, 11) is 0. The number of benzene rings is 1. The molecule has 3 heteroatoms. The van der Waals surface area contributed by atoms with Crippen LogP contribution in [0.3, 0.4) is 0 Å². The van der Waals surface area contributed by atoms with Crippen molar-refractivity contribution in [2.75, 3.05) is 6.54 Å². The number of ether oxygens (including phenoxy) is 1. The first-order valence-corrected chi connectivity index (χ1v) is 6.59. The molecule has 2 nitrogen and oxygen atoms in total. The molecule has 17 heavy (non-hydrogen) atoms. The lowest BCUT2D eigenvalue weighted by Crippen LogP contribution is -2.24. The van der Waals surface area contributed by atoms with Crippen molar-refractivity contribution >= 4 is 11.6 Å². The van der Waals surface area contributed by atoms with Crippen LogP contribution in [0.1, 0.15) is 37.3 Å². The van der Waals surface area contributed by atoms with Crippen molar-refractivity contribution < 1.29 is 4.74 Å². The van der Waals surface area contributed by atoms with Crippen LogP contribution in [0, 0.1) is 5.92 Å². The first kappa shape index (κ1) is 11.4. The van der Waals surface area contributed by atoms with Crippen molar-refractivity contribution in [1.29, 1.82) is 0 Å². The van der Waals surface area contributed by atoms with Gasteiger partial charge < -0.3 is 10.5 Å². The zero-order chi connectivity index (χ0) is 12.2. The van der Waals surface area contributed by atoms with E-state index in [4.69, 9.17) is 22.1 Å². The van der Waals surface area contributed by atoms with Crippen molar-refractivity contribution in [1.82, 2.24) is 0 Å². The fraction of sp³-hybridized carbons (Fsp3) is 0.571. The monoisotopic (exact) mass is 251 g/mol. The van der Waals surface area contributed by atoms with Crippen molar-refractivity contribution in [2.45, 2.75) is 38.2 Å². The van der Waals surface area contributed by atoms with Gasteiger partial charge in [0.2, 0.25) is 0 Å². The molecular weight excluding hydrogens is 234 g/mol. The van der Waals surface area contributed by atoms with Gasteiger partial charge in [0, 0.05) is 11.4 Å². The predicted molar refractivity (Wildman–Crippen MR) is 69.8 cm³/mol. The fourth-order valence-corrected chi connectivity index (χ4v) is 3.11. The van der Waals surface area contributed by atoms with Gasteiger partial charge in [0.05, 0.1) is 0 Å². The second-order valence-electron chi connectivity index (χ2n) is 5.86. The standard InChI is InChI=1S/C14H18ClNO/c1-14(2)6-8-3-10(15)5-12(13(8)17-14)11-4-9(11)7-16/h3,5,9,11H,4,6-7,16H2,1-2H3/t9?,11-/m0/s1. The molecule has 1 aliphatic heterocycles. The number of fused-ring (bicyclic) bond motifs is 1. The molecule has 3 rings (SSSR count). The van der Waals surface area contributed by atoms with E-state index in [2.05, 4.69) is 19.9 Å². The van der Waals surface area contributed by atoms with Crippen LogP contribution in [0.4, 0.5) is 0 Å². The quantitative estimate of drug-likeness (QED) is 0.877. The van der Waals surface area contributed by atoms with Gasteiger partial charge in [0.1, 0.15) is 11.4 Å². The first-order chi connectivity index (χ1) is 8.00. The van der Waals surface area contributed by atoms with Gasteiger partial charge in [-0.2, -0.15) is 0 Å². The molecule has 0 aromatic heterocycles. The van der Waals surface area contributed by atoms with E-state index in [1.807, 2.05) is 6.07 Å². The van der Waals surface area contributed by atoms with Crippen LogP contribution >= 0.6 is 11.6 Å². The SMILES string of the molecule is CC1(C)Cc2cc(Cl)cc([C@H]3CC3CN)c2O1. The summed E-state index contributed by atoms with van der Waals surface area (Å²) in [6.07, 6.45) is 2.11. The molecule has 1 saturated carbocycles. The molecule has 0 spiro atoms. The molecule has 2 aliphatic rings. The van der Waals surface area contributed by atoms with Crippen molar-refractivity contribution in [3.8, 4) is 5.75 Å². The molecule has 1 aromatic rings. The van der Waals surface area contributed by atoms with Crippen molar-refractivity contribution in [3.63, 3.8) is 0 Å². The predicted octanol–water partition coefficient (Wildman–Crippen LogP) is 3.12. The van der Waals surface area contributed by atoms with E-state index in [9.17, 15) is 0 Å². The summed E-state index contributed by atoms with van der Waals surface area (Å²) < 4.78 is 6.08. The van der Waals surface area contributed by atoms with Crippen LogP contribution in [-0.4, -0.2) is 12.1 Å². The highest BCUT2D eigenvalue weighted by Crippen LogP contribution is 2.53. The number of hydrogen-bond acceptors (Lipinski definition) is 2. The molecule has 0 bridgehead atoms. The maximum Gasteiger partial charge on any atom is 0.127 e. The Labute approximate surface area is 107 Å². The average Bonchev–Trinajstić information content (AvgIpc) is 2.94. The van der Waals surface area contributed by atoms with E-state index in [1.54, 1.807) is 0 Å². The highest BCUT2D eigenvalue weighted by molar-refractivity contribution is 6.30. The number of hydrogen-bond donors (Lipinski definition) is 1. The van der Waals surface area contributed by atoms with Crippen LogP contribution in [0.25, 0.3) is 0 Å². The van der Waals surface area contributed by atoms with Crippen LogP contribution in [0.2, 0.25) is 5.02 Å².